The third kappa shape index (κ3) is 3.51. The lowest BCUT2D eigenvalue weighted by atomic mass is 10.0. The zero-order valence-electron chi connectivity index (χ0n) is 12.7. The number of nitrogens with zero attached hydrogens (tertiary/aromatic N) is 2. The van der Waals surface area contributed by atoms with E-state index in [0.29, 0.717) is 0 Å². The molecule has 0 aliphatic carbocycles. The van der Waals surface area contributed by atoms with Crippen LogP contribution in [0.1, 0.15) is 30.6 Å². The van der Waals surface area contributed by atoms with Gasteiger partial charge in [0.2, 0.25) is 0 Å². The van der Waals surface area contributed by atoms with Gasteiger partial charge in [-0.1, -0.05) is 19.9 Å². The Bertz CT molecular complexity index is 578. The Morgan fingerprint density at radius 1 is 1.48 bits per heavy atom. The highest BCUT2D eigenvalue weighted by molar-refractivity contribution is 7.10. The van der Waals surface area contributed by atoms with E-state index in [2.05, 4.69) is 10.3 Å². The summed E-state index contributed by atoms with van der Waals surface area (Å²) in [6.07, 6.45) is 3.67. The number of carbonyl (C=O) groups excluding carboxylic acids is 1. The predicted octanol–water partition coefficient (Wildman–Crippen LogP) is 2.36. The van der Waals surface area contributed by atoms with Crippen molar-refractivity contribution >= 4 is 17.3 Å². The van der Waals surface area contributed by atoms with Crippen molar-refractivity contribution in [3.05, 3.63) is 40.6 Å². The number of rotatable bonds is 6. The third-order valence-electron chi connectivity index (χ3n) is 3.41. The molecule has 114 valence electrons. The van der Waals surface area contributed by atoms with Crippen LogP contribution in [0.25, 0.3) is 0 Å². The zero-order chi connectivity index (χ0) is 15.4. The summed E-state index contributed by atoms with van der Waals surface area (Å²) in [5.74, 6) is 0.757. The van der Waals surface area contributed by atoms with Crippen molar-refractivity contribution in [2.45, 2.75) is 25.9 Å². The number of carbonyl (C=O) groups is 1. The first-order valence-electron chi connectivity index (χ1n) is 6.89. The molecule has 6 heteroatoms. The van der Waals surface area contributed by atoms with Gasteiger partial charge in [-0.15, -0.1) is 11.3 Å². The molecule has 0 spiro atoms. The van der Waals surface area contributed by atoms with E-state index in [4.69, 9.17) is 4.74 Å². The van der Waals surface area contributed by atoms with Crippen LogP contribution in [0.15, 0.2) is 29.9 Å². The van der Waals surface area contributed by atoms with E-state index in [1.54, 1.807) is 17.5 Å². The molecular weight excluding hydrogens is 286 g/mol. The van der Waals surface area contributed by atoms with Crippen LogP contribution in [0.3, 0.4) is 0 Å². The van der Waals surface area contributed by atoms with E-state index in [9.17, 15) is 4.79 Å². The second kappa shape index (κ2) is 6.87. The summed E-state index contributed by atoms with van der Waals surface area (Å²) in [6.45, 7) is 4.00. The van der Waals surface area contributed by atoms with Gasteiger partial charge in [-0.2, -0.15) is 0 Å². The summed E-state index contributed by atoms with van der Waals surface area (Å²) in [5, 5.41) is 5.43. The number of hydrogen-bond donors (Lipinski definition) is 1. The maximum Gasteiger partial charge on any atom is 0.323 e. The molecule has 0 amide bonds. The van der Waals surface area contributed by atoms with Gasteiger partial charge in [-0.25, -0.2) is 4.98 Å². The first-order chi connectivity index (χ1) is 10.0. The minimum Gasteiger partial charge on any atom is -0.468 e. The molecule has 2 rings (SSSR count). The molecule has 0 bridgehead atoms. The average molecular weight is 307 g/mol. The number of methoxy groups -OCH3 is 1. The first kappa shape index (κ1) is 15.7. The van der Waals surface area contributed by atoms with Crippen molar-refractivity contribution in [1.29, 1.82) is 0 Å². The second-order valence-corrected chi connectivity index (χ2v) is 6.24. The van der Waals surface area contributed by atoms with Gasteiger partial charge in [0.25, 0.3) is 0 Å². The molecule has 0 aromatic carbocycles. The van der Waals surface area contributed by atoms with E-state index >= 15 is 0 Å². The van der Waals surface area contributed by atoms with E-state index in [0.717, 1.165) is 10.7 Å². The lowest BCUT2D eigenvalue weighted by Crippen LogP contribution is -2.44. The molecule has 0 saturated heterocycles. The van der Waals surface area contributed by atoms with Crippen molar-refractivity contribution in [2.75, 3.05) is 7.11 Å². The van der Waals surface area contributed by atoms with E-state index < -0.39 is 0 Å². The number of aryl methyl sites for hydroxylation is 1. The molecule has 0 aliphatic rings. The minimum atomic E-state index is -0.376. The monoisotopic (exact) mass is 307 g/mol. The van der Waals surface area contributed by atoms with Crippen LogP contribution >= 0.6 is 11.3 Å². The van der Waals surface area contributed by atoms with Gasteiger partial charge < -0.3 is 9.30 Å². The number of ether oxygens (including phenoxy) is 1. The van der Waals surface area contributed by atoms with Gasteiger partial charge in [0.15, 0.2) is 0 Å². The third-order valence-corrected chi connectivity index (χ3v) is 4.35. The highest BCUT2D eigenvalue weighted by Gasteiger charge is 2.29. The largest absolute Gasteiger partial charge is 0.468 e. The van der Waals surface area contributed by atoms with Crippen LogP contribution < -0.4 is 5.32 Å². The normalized spacial score (nSPS) is 14.1. The standard InChI is InChI=1S/C15H21N3O2S/c1-10(2)12(15(19)20-4)17-13(11-6-5-9-21-11)14-16-7-8-18(14)3/h5-10,12-13,17H,1-4H3. The molecule has 2 aromatic heterocycles. The molecule has 2 atom stereocenters. The average Bonchev–Trinajstić information content (AvgIpc) is 3.11. The van der Waals surface area contributed by atoms with Crippen LogP contribution in [-0.2, 0) is 16.6 Å². The summed E-state index contributed by atoms with van der Waals surface area (Å²) < 4.78 is 6.88. The van der Waals surface area contributed by atoms with Crippen LogP contribution in [0, 0.1) is 5.92 Å². The summed E-state index contributed by atoms with van der Waals surface area (Å²) >= 11 is 1.64. The quantitative estimate of drug-likeness (QED) is 0.832. The lowest BCUT2D eigenvalue weighted by molar-refractivity contribution is -0.144. The molecule has 0 saturated carbocycles. The molecular formula is C15H21N3O2S. The predicted molar refractivity (Wildman–Crippen MR) is 83.1 cm³/mol. The smallest absolute Gasteiger partial charge is 0.323 e. The van der Waals surface area contributed by atoms with Crippen LogP contribution in [0.4, 0.5) is 0 Å². The Kier molecular flexibility index (Phi) is 5.14. The van der Waals surface area contributed by atoms with E-state index in [1.165, 1.54) is 7.11 Å². The Morgan fingerprint density at radius 2 is 2.24 bits per heavy atom. The highest BCUT2D eigenvalue weighted by atomic mass is 32.1. The van der Waals surface area contributed by atoms with Gasteiger partial charge in [0.05, 0.1) is 7.11 Å². The number of hydrogen-bond acceptors (Lipinski definition) is 5. The van der Waals surface area contributed by atoms with Gasteiger partial charge in [-0.05, 0) is 17.4 Å². The van der Waals surface area contributed by atoms with Crippen LogP contribution in [0.2, 0.25) is 0 Å². The van der Waals surface area contributed by atoms with Crippen molar-refractivity contribution in [3.63, 3.8) is 0 Å². The zero-order valence-corrected chi connectivity index (χ0v) is 13.6. The molecule has 0 aliphatic heterocycles. The number of imidazole rings is 1. The Morgan fingerprint density at radius 3 is 2.71 bits per heavy atom. The van der Waals surface area contributed by atoms with Crippen LogP contribution in [-0.4, -0.2) is 28.7 Å². The van der Waals surface area contributed by atoms with Gasteiger partial charge in [0.1, 0.15) is 17.9 Å². The molecule has 0 radical (unpaired) electrons. The van der Waals surface area contributed by atoms with Crippen molar-refractivity contribution in [3.8, 4) is 0 Å². The summed E-state index contributed by atoms with van der Waals surface area (Å²) in [6, 6.07) is 3.54. The summed E-state index contributed by atoms with van der Waals surface area (Å²) in [7, 11) is 3.37. The number of thiophene rings is 1. The molecule has 2 unspecified atom stereocenters. The number of esters is 1. The second-order valence-electron chi connectivity index (χ2n) is 5.26. The van der Waals surface area contributed by atoms with Crippen LogP contribution in [0.5, 0.6) is 0 Å². The highest BCUT2D eigenvalue weighted by Crippen LogP contribution is 2.26. The lowest BCUT2D eigenvalue weighted by Gasteiger charge is -2.25. The Balaban J connectivity index is 2.33. The molecule has 2 aromatic rings. The molecule has 1 N–H and O–H groups in total. The van der Waals surface area contributed by atoms with Crippen molar-refractivity contribution in [2.24, 2.45) is 13.0 Å². The first-order valence-corrected chi connectivity index (χ1v) is 7.77. The van der Waals surface area contributed by atoms with Crippen molar-refractivity contribution in [1.82, 2.24) is 14.9 Å². The fraction of sp³-hybridized carbons (Fsp3) is 0.467. The summed E-state index contributed by atoms with van der Waals surface area (Å²) in [5.41, 5.74) is 0. The Labute approximate surface area is 129 Å². The van der Waals surface area contributed by atoms with Crippen molar-refractivity contribution < 1.29 is 9.53 Å². The Hall–Kier alpha value is -1.66. The van der Waals surface area contributed by atoms with E-state index in [1.807, 2.05) is 49.2 Å². The molecule has 2 heterocycles. The SMILES string of the molecule is COC(=O)C(NC(c1cccs1)c1nccn1C)C(C)C. The van der Waals surface area contributed by atoms with Gasteiger partial charge >= 0.3 is 5.97 Å². The van der Waals surface area contributed by atoms with E-state index in [-0.39, 0.29) is 24.0 Å². The minimum absolute atomic E-state index is 0.125. The summed E-state index contributed by atoms with van der Waals surface area (Å²) in [4.78, 5) is 17.6. The number of aromatic nitrogens is 2. The molecule has 0 fully saturated rings. The van der Waals surface area contributed by atoms with Gasteiger partial charge in [-0.3, -0.25) is 10.1 Å². The van der Waals surface area contributed by atoms with Gasteiger partial charge in [0, 0.05) is 24.3 Å². The topological polar surface area (TPSA) is 56.1 Å². The molecule has 21 heavy (non-hydrogen) atoms. The fourth-order valence-electron chi connectivity index (χ4n) is 2.23. The fourth-order valence-corrected chi connectivity index (χ4v) is 3.01. The molecule has 5 nitrogen and oxygen atoms in total. The number of nitrogens with one attached hydrogen (secondary N) is 1. The maximum absolute atomic E-state index is 12.0. The maximum atomic E-state index is 12.0.